The lowest BCUT2D eigenvalue weighted by molar-refractivity contribution is 0.168. The highest BCUT2D eigenvalue weighted by Gasteiger charge is 2.30. The molecule has 2 heterocycles. The molecule has 0 amide bonds. The van der Waals surface area contributed by atoms with E-state index in [-0.39, 0.29) is 6.79 Å². The van der Waals surface area contributed by atoms with E-state index in [2.05, 4.69) is 10.2 Å². The fourth-order valence-corrected chi connectivity index (χ4v) is 3.15. The van der Waals surface area contributed by atoms with Crippen LogP contribution in [0.25, 0.3) is 22.4 Å². The van der Waals surface area contributed by atoms with Crippen molar-refractivity contribution in [2.75, 3.05) is 33.9 Å². The first-order chi connectivity index (χ1) is 13.2. The van der Waals surface area contributed by atoms with E-state index in [1.807, 2.05) is 24.3 Å². The Hall–Kier alpha value is -3.55. The molecule has 2 aromatic carbocycles. The number of aromatic nitrogens is 2. The summed E-state index contributed by atoms with van der Waals surface area (Å²) in [7, 11) is 4.76. The lowest BCUT2D eigenvalue weighted by Gasteiger charge is -2.15. The molecule has 27 heavy (non-hydrogen) atoms. The van der Waals surface area contributed by atoms with Crippen LogP contribution in [0.1, 0.15) is 0 Å². The zero-order valence-corrected chi connectivity index (χ0v) is 15.2. The number of nitrogen functional groups attached to an aromatic ring is 1. The molecule has 8 nitrogen and oxygen atoms in total. The molecule has 0 unspecified atom stereocenters. The van der Waals surface area contributed by atoms with E-state index in [0.29, 0.717) is 39.9 Å². The van der Waals surface area contributed by atoms with E-state index >= 15 is 0 Å². The lowest BCUT2D eigenvalue weighted by atomic mass is 9.98. The Labute approximate surface area is 155 Å². The number of anilines is 1. The number of nitrogens with one attached hydrogen (secondary N) is 1. The van der Waals surface area contributed by atoms with Crippen LogP contribution in [-0.2, 0) is 0 Å². The number of nitrogens with zero attached hydrogens (tertiary/aromatic N) is 1. The van der Waals surface area contributed by atoms with Gasteiger partial charge in [-0.3, -0.25) is 5.10 Å². The first-order valence-electron chi connectivity index (χ1n) is 8.21. The first kappa shape index (κ1) is 16.9. The molecule has 0 spiro atoms. The highest BCUT2D eigenvalue weighted by molar-refractivity contribution is 5.93. The molecule has 3 N–H and O–H groups in total. The predicted octanol–water partition coefficient (Wildman–Crippen LogP) is 3.08. The molecular weight excluding hydrogens is 350 g/mol. The number of ether oxygens (including phenoxy) is 5. The number of benzene rings is 2. The fourth-order valence-electron chi connectivity index (χ4n) is 3.15. The van der Waals surface area contributed by atoms with E-state index < -0.39 is 0 Å². The van der Waals surface area contributed by atoms with Crippen molar-refractivity contribution in [2.45, 2.75) is 0 Å². The average molecular weight is 369 g/mol. The number of hydrogen-bond acceptors (Lipinski definition) is 7. The number of hydrogen-bond donors (Lipinski definition) is 2. The molecule has 8 heteroatoms. The summed E-state index contributed by atoms with van der Waals surface area (Å²) in [6, 6.07) is 9.39. The van der Waals surface area contributed by atoms with Gasteiger partial charge in [0.25, 0.3) is 0 Å². The van der Waals surface area contributed by atoms with Gasteiger partial charge in [-0.1, -0.05) is 0 Å². The van der Waals surface area contributed by atoms with Crippen molar-refractivity contribution in [3.05, 3.63) is 30.3 Å². The Kier molecular flexibility index (Phi) is 4.15. The van der Waals surface area contributed by atoms with Crippen molar-refractivity contribution in [2.24, 2.45) is 0 Å². The molecule has 1 aliphatic heterocycles. The highest BCUT2D eigenvalue weighted by atomic mass is 16.7. The summed E-state index contributed by atoms with van der Waals surface area (Å²) < 4.78 is 27.4. The topological polar surface area (TPSA) is 101 Å². The molecule has 0 atom stereocenters. The van der Waals surface area contributed by atoms with E-state index in [1.54, 1.807) is 27.4 Å². The maximum Gasteiger partial charge on any atom is 0.231 e. The molecule has 3 aromatic rings. The molecule has 0 aliphatic carbocycles. The van der Waals surface area contributed by atoms with Gasteiger partial charge in [-0.15, -0.1) is 0 Å². The standard InChI is InChI=1S/C19H19N3O5/c1-23-11-6-4-10(5-7-11)15-14(19(20)22-21-15)12-8-13(24-2)17-18(16(12)25-3)27-9-26-17/h4-8H,9H2,1-3H3,(H3,20,21,22). The molecule has 1 aromatic heterocycles. The molecule has 140 valence electrons. The second kappa shape index (κ2) is 6.64. The number of aromatic amines is 1. The average Bonchev–Trinajstić information content (AvgIpc) is 3.33. The Morgan fingerprint density at radius 2 is 1.74 bits per heavy atom. The van der Waals surface area contributed by atoms with Gasteiger partial charge in [0.05, 0.1) is 32.6 Å². The van der Waals surface area contributed by atoms with Crippen molar-refractivity contribution in [1.82, 2.24) is 10.2 Å². The first-order valence-corrected chi connectivity index (χ1v) is 8.21. The minimum atomic E-state index is 0.0950. The number of fused-ring (bicyclic) bond motifs is 1. The lowest BCUT2D eigenvalue weighted by Crippen LogP contribution is -1.96. The van der Waals surface area contributed by atoms with Crippen LogP contribution in [0.4, 0.5) is 5.82 Å². The molecule has 4 rings (SSSR count). The number of methoxy groups -OCH3 is 3. The molecule has 0 fully saturated rings. The Morgan fingerprint density at radius 3 is 2.41 bits per heavy atom. The van der Waals surface area contributed by atoms with Crippen LogP contribution in [0.5, 0.6) is 28.7 Å². The largest absolute Gasteiger partial charge is 0.497 e. The summed E-state index contributed by atoms with van der Waals surface area (Å²) in [6.07, 6.45) is 0. The van der Waals surface area contributed by atoms with Crippen LogP contribution in [0.2, 0.25) is 0 Å². The SMILES string of the molecule is COc1ccc(-c2[nH]nc(N)c2-c2cc(OC)c3c(c2OC)OCO3)cc1. The predicted molar refractivity (Wildman–Crippen MR) is 99.7 cm³/mol. The smallest absolute Gasteiger partial charge is 0.231 e. The van der Waals surface area contributed by atoms with Gasteiger partial charge in [-0.2, -0.15) is 5.10 Å². The highest BCUT2D eigenvalue weighted by Crippen LogP contribution is 2.54. The molecule has 0 saturated carbocycles. The molecule has 1 aliphatic rings. The normalized spacial score (nSPS) is 12.1. The zero-order valence-electron chi connectivity index (χ0n) is 15.2. The summed E-state index contributed by atoms with van der Waals surface area (Å²) in [5.74, 6) is 3.11. The summed E-state index contributed by atoms with van der Waals surface area (Å²) in [5, 5.41) is 7.19. The third-order valence-corrected chi connectivity index (χ3v) is 4.43. The Bertz CT molecular complexity index is 982. The number of H-pyrrole nitrogens is 1. The van der Waals surface area contributed by atoms with Crippen LogP contribution in [0.3, 0.4) is 0 Å². The van der Waals surface area contributed by atoms with Crippen LogP contribution in [0.15, 0.2) is 30.3 Å². The Morgan fingerprint density at radius 1 is 1.00 bits per heavy atom. The maximum absolute atomic E-state index is 6.19. The van der Waals surface area contributed by atoms with Crippen molar-refractivity contribution < 1.29 is 23.7 Å². The fraction of sp³-hybridized carbons (Fsp3) is 0.211. The van der Waals surface area contributed by atoms with Crippen LogP contribution in [-0.4, -0.2) is 38.3 Å². The quantitative estimate of drug-likeness (QED) is 0.713. The van der Waals surface area contributed by atoms with Gasteiger partial charge in [0.15, 0.2) is 17.3 Å². The minimum Gasteiger partial charge on any atom is -0.497 e. The van der Waals surface area contributed by atoms with Gasteiger partial charge in [0.2, 0.25) is 18.3 Å². The summed E-state index contributed by atoms with van der Waals surface area (Å²) in [5.41, 5.74) is 9.21. The zero-order chi connectivity index (χ0) is 19.0. The number of nitrogens with two attached hydrogens (primary N) is 1. The molecule has 0 radical (unpaired) electrons. The van der Waals surface area contributed by atoms with Crippen molar-refractivity contribution in [1.29, 1.82) is 0 Å². The maximum atomic E-state index is 6.19. The monoisotopic (exact) mass is 369 g/mol. The van der Waals surface area contributed by atoms with Crippen molar-refractivity contribution >= 4 is 5.82 Å². The van der Waals surface area contributed by atoms with E-state index in [1.165, 1.54) is 0 Å². The summed E-state index contributed by atoms with van der Waals surface area (Å²) in [6.45, 7) is 0.0950. The van der Waals surface area contributed by atoms with Crippen LogP contribution in [0, 0.1) is 0 Å². The van der Waals surface area contributed by atoms with Crippen molar-refractivity contribution in [3.63, 3.8) is 0 Å². The molecular formula is C19H19N3O5. The summed E-state index contributed by atoms with van der Waals surface area (Å²) in [4.78, 5) is 0. The minimum absolute atomic E-state index is 0.0950. The molecule has 0 bridgehead atoms. The van der Waals surface area contributed by atoms with Gasteiger partial charge in [0, 0.05) is 11.1 Å². The van der Waals surface area contributed by atoms with Crippen LogP contribution < -0.4 is 29.4 Å². The third-order valence-electron chi connectivity index (χ3n) is 4.43. The summed E-state index contributed by atoms with van der Waals surface area (Å²) >= 11 is 0. The van der Waals surface area contributed by atoms with Gasteiger partial charge in [-0.05, 0) is 30.3 Å². The van der Waals surface area contributed by atoms with Crippen LogP contribution >= 0.6 is 0 Å². The molecule has 0 saturated heterocycles. The van der Waals surface area contributed by atoms with E-state index in [0.717, 1.165) is 17.0 Å². The second-order valence-corrected chi connectivity index (χ2v) is 5.81. The second-order valence-electron chi connectivity index (χ2n) is 5.81. The van der Waals surface area contributed by atoms with Gasteiger partial charge >= 0.3 is 0 Å². The van der Waals surface area contributed by atoms with E-state index in [4.69, 9.17) is 29.4 Å². The van der Waals surface area contributed by atoms with E-state index in [9.17, 15) is 0 Å². The Balaban J connectivity index is 1.93. The number of rotatable bonds is 5. The third kappa shape index (κ3) is 2.66. The van der Waals surface area contributed by atoms with Gasteiger partial charge in [-0.25, -0.2) is 0 Å². The van der Waals surface area contributed by atoms with Gasteiger partial charge in [0.1, 0.15) is 5.75 Å². The van der Waals surface area contributed by atoms with Crippen molar-refractivity contribution in [3.8, 4) is 51.1 Å². The van der Waals surface area contributed by atoms with Gasteiger partial charge < -0.3 is 29.4 Å².